The number of rotatable bonds is 7. The van der Waals surface area contributed by atoms with Crippen LogP contribution in [0.2, 0.25) is 0 Å². The van der Waals surface area contributed by atoms with Gasteiger partial charge in [-0.2, -0.15) is 0 Å². The zero-order chi connectivity index (χ0) is 24.2. The molecule has 2 aromatic rings. The van der Waals surface area contributed by atoms with Gasteiger partial charge >= 0.3 is 5.97 Å². The lowest BCUT2D eigenvalue weighted by Gasteiger charge is -2.27. The summed E-state index contributed by atoms with van der Waals surface area (Å²) in [6.45, 7) is 5.89. The maximum absolute atomic E-state index is 12.6. The molecule has 0 radical (unpaired) electrons. The van der Waals surface area contributed by atoms with E-state index in [9.17, 15) is 18.0 Å². The van der Waals surface area contributed by atoms with Crippen LogP contribution in [0.5, 0.6) is 0 Å². The fourth-order valence-corrected chi connectivity index (χ4v) is 4.04. The average Bonchev–Trinajstić information content (AvgIpc) is 2.80. The second-order valence-electron chi connectivity index (χ2n) is 7.81. The summed E-state index contributed by atoms with van der Waals surface area (Å²) in [6.07, 6.45) is 0.308. The van der Waals surface area contributed by atoms with Crippen molar-refractivity contribution in [1.29, 1.82) is 0 Å². The number of carbonyl (C=O) groups is 2. The minimum Gasteiger partial charge on any atom is -0.449 e. The Morgan fingerprint density at radius 3 is 2.48 bits per heavy atom. The van der Waals surface area contributed by atoms with Gasteiger partial charge in [-0.1, -0.05) is 6.07 Å². The molecule has 1 saturated heterocycles. The number of morpholine rings is 1. The number of esters is 1. The predicted octanol–water partition coefficient (Wildman–Crippen LogP) is 1.66. The summed E-state index contributed by atoms with van der Waals surface area (Å²) in [5.41, 5.74) is 1.21. The number of anilines is 2. The molecule has 1 atom stereocenters. The standard InChI is InChI=1S/C22H28N4O6S/c1-15-5-7-18(33(29,30)25(3)4)13-19(15)24-21(27)16(2)32-22(28)17-6-8-20(23-14-17)26-9-11-31-12-10-26/h5-8,13-14,16H,9-12H2,1-4H3,(H,24,27). The highest BCUT2D eigenvalue weighted by Crippen LogP contribution is 2.22. The van der Waals surface area contributed by atoms with E-state index in [4.69, 9.17) is 9.47 Å². The lowest BCUT2D eigenvalue weighted by atomic mass is 10.2. The lowest BCUT2D eigenvalue weighted by molar-refractivity contribution is -0.123. The maximum Gasteiger partial charge on any atom is 0.340 e. The van der Waals surface area contributed by atoms with Crippen LogP contribution in [0.1, 0.15) is 22.8 Å². The molecule has 178 valence electrons. The first-order chi connectivity index (χ1) is 15.6. The number of aryl methyl sites for hydroxylation is 1. The Kier molecular flexibility index (Phi) is 7.67. The fourth-order valence-electron chi connectivity index (χ4n) is 3.11. The first-order valence-electron chi connectivity index (χ1n) is 10.4. The van der Waals surface area contributed by atoms with Crippen LogP contribution in [0.3, 0.4) is 0 Å². The van der Waals surface area contributed by atoms with Crippen molar-refractivity contribution in [2.75, 3.05) is 50.6 Å². The van der Waals surface area contributed by atoms with E-state index in [0.29, 0.717) is 24.5 Å². The highest BCUT2D eigenvalue weighted by atomic mass is 32.2. The van der Waals surface area contributed by atoms with E-state index in [1.54, 1.807) is 25.1 Å². The minimum absolute atomic E-state index is 0.0458. The molecular formula is C22H28N4O6S. The Balaban J connectivity index is 1.64. The number of pyridine rings is 1. The Labute approximate surface area is 193 Å². The normalized spacial score (nSPS) is 15.2. The molecule has 0 aliphatic carbocycles. The van der Waals surface area contributed by atoms with E-state index in [-0.39, 0.29) is 10.5 Å². The number of ether oxygens (including phenoxy) is 2. The van der Waals surface area contributed by atoms with Crippen LogP contribution in [-0.4, -0.2) is 76.1 Å². The van der Waals surface area contributed by atoms with Crippen LogP contribution in [-0.2, 0) is 24.3 Å². The van der Waals surface area contributed by atoms with Crippen LogP contribution in [0.4, 0.5) is 11.5 Å². The number of sulfonamides is 1. The topological polar surface area (TPSA) is 118 Å². The van der Waals surface area contributed by atoms with Crippen LogP contribution in [0, 0.1) is 6.92 Å². The van der Waals surface area contributed by atoms with Gasteiger partial charge in [0.05, 0.1) is 23.7 Å². The molecule has 1 unspecified atom stereocenters. The van der Waals surface area contributed by atoms with Crippen molar-refractivity contribution in [2.24, 2.45) is 0 Å². The molecule has 1 N–H and O–H groups in total. The van der Waals surface area contributed by atoms with Crippen molar-refractivity contribution in [2.45, 2.75) is 24.8 Å². The molecule has 0 saturated carbocycles. The van der Waals surface area contributed by atoms with Crippen molar-refractivity contribution in [3.8, 4) is 0 Å². The van der Waals surface area contributed by atoms with E-state index in [0.717, 1.165) is 23.2 Å². The van der Waals surface area contributed by atoms with Crippen molar-refractivity contribution in [3.63, 3.8) is 0 Å². The van der Waals surface area contributed by atoms with E-state index < -0.39 is 28.0 Å². The summed E-state index contributed by atoms with van der Waals surface area (Å²) < 4.78 is 36.4. The van der Waals surface area contributed by atoms with Gasteiger partial charge in [-0.25, -0.2) is 22.5 Å². The van der Waals surface area contributed by atoms with E-state index in [1.165, 1.54) is 39.3 Å². The van der Waals surface area contributed by atoms with Crippen LogP contribution < -0.4 is 10.2 Å². The quantitative estimate of drug-likeness (QED) is 0.600. The number of amides is 1. The number of hydrogen-bond acceptors (Lipinski definition) is 8. The van der Waals surface area contributed by atoms with Crippen LogP contribution >= 0.6 is 0 Å². The average molecular weight is 477 g/mol. The summed E-state index contributed by atoms with van der Waals surface area (Å²) >= 11 is 0. The maximum atomic E-state index is 12.6. The number of benzene rings is 1. The number of hydrogen-bond donors (Lipinski definition) is 1. The van der Waals surface area contributed by atoms with Gasteiger partial charge in [0, 0.05) is 39.1 Å². The Hall–Kier alpha value is -3.02. The molecular weight excluding hydrogens is 448 g/mol. The number of nitrogens with zero attached hydrogens (tertiary/aromatic N) is 3. The molecule has 2 heterocycles. The third-order valence-electron chi connectivity index (χ3n) is 5.22. The summed E-state index contributed by atoms with van der Waals surface area (Å²) in [6, 6.07) is 7.78. The summed E-state index contributed by atoms with van der Waals surface area (Å²) in [7, 11) is -0.804. The van der Waals surface area contributed by atoms with E-state index in [2.05, 4.69) is 15.2 Å². The first kappa shape index (κ1) is 24.6. The summed E-state index contributed by atoms with van der Waals surface area (Å²) in [5, 5.41) is 2.64. The lowest BCUT2D eigenvalue weighted by Crippen LogP contribution is -2.36. The Bertz CT molecular complexity index is 1110. The molecule has 11 heteroatoms. The number of nitrogens with one attached hydrogen (secondary N) is 1. The van der Waals surface area contributed by atoms with Crippen LogP contribution in [0.15, 0.2) is 41.4 Å². The minimum atomic E-state index is -3.66. The monoisotopic (exact) mass is 476 g/mol. The van der Waals surface area contributed by atoms with Gasteiger partial charge in [0.2, 0.25) is 10.0 Å². The molecule has 3 rings (SSSR count). The molecule has 1 aliphatic rings. The van der Waals surface area contributed by atoms with Crippen molar-refractivity contribution >= 4 is 33.4 Å². The largest absolute Gasteiger partial charge is 0.449 e. The smallest absolute Gasteiger partial charge is 0.340 e. The SMILES string of the molecule is Cc1ccc(S(=O)(=O)N(C)C)cc1NC(=O)C(C)OC(=O)c1ccc(N2CCOCC2)nc1. The van der Waals surface area contributed by atoms with Gasteiger partial charge in [-0.05, 0) is 43.7 Å². The van der Waals surface area contributed by atoms with Gasteiger partial charge in [-0.15, -0.1) is 0 Å². The molecule has 1 amide bonds. The summed E-state index contributed by atoms with van der Waals surface area (Å²) in [5.74, 6) is -0.522. The van der Waals surface area contributed by atoms with Crippen molar-refractivity contribution in [3.05, 3.63) is 47.7 Å². The second-order valence-corrected chi connectivity index (χ2v) is 9.96. The summed E-state index contributed by atoms with van der Waals surface area (Å²) in [4.78, 5) is 31.5. The zero-order valence-corrected chi connectivity index (χ0v) is 19.9. The fraction of sp³-hybridized carbons (Fsp3) is 0.409. The van der Waals surface area contributed by atoms with Gasteiger partial charge in [0.1, 0.15) is 5.82 Å². The Morgan fingerprint density at radius 1 is 1.18 bits per heavy atom. The zero-order valence-electron chi connectivity index (χ0n) is 19.1. The van der Waals surface area contributed by atoms with E-state index in [1.807, 2.05) is 0 Å². The van der Waals surface area contributed by atoms with Crippen molar-refractivity contribution in [1.82, 2.24) is 9.29 Å². The molecule has 1 aliphatic heterocycles. The van der Waals surface area contributed by atoms with Gasteiger partial charge in [-0.3, -0.25) is 4.79 Å². The molecule has 0 spiro atoms. The van der Waals surface area contributed by atoms with Crippen LogP contribution in [0.25, 0.3) is 0 Å². The van der Waals surface area contributed by atoms with Gasteiger partial charge < -0.3 is 19.7 Å². The Morgan fingerprint density at radius 2 is 1.88 bits per heavy atom. The van der Waals surface area contributed by atoms with Gasteiger partial charge in [0.25, 0.3) is 5.91 Å². The van der Waals surface area contributed by atoms with E-state index >= 15 is 0 Å². The third kappa shape index (κ3) is 5.86. The molecule has 1 aromatic carbocycles. The second kappa shape index (κ2) is 10.3. The number of carbonyl (C=O) groups excluding carboxylic acids is 2. The molecule has 1 fully saturated rings. The molecule has 33 heavy (non-hydrogen) atoms. The molecule has 1 aromatic heterocycles. The highest BCUT2D eigenvalue weighted by molar-refractivity contribution is 7.89. The van der Waals surface area contributed by atoms with Gasteiger partial charge in [0.15, 0.2) is 6.10 Å². The molecule has 0 bridgehead atoms. The predicted molar refractivity (Wildman–Crippen MR) is 123 cm³/mol. The van der Waals surface area contributed by atoms with Crippen molar-refractivity contribution < 1.29 is 27.5 Å². The highest BCUT2D eigenvalue weighted by Gasteiger charge is 2.22. The third-order valence-corrected chi connectivity index (χ3v) is 7.03. The first-order valence-corrected chi connectivity index (χ1v) is 11.9. The molecule has 10 nitrogen and oxygen atoms in total. The number of aromatic nitrogens is 1.